The summed E-state index contributed by atoms with van der Waals surface area (Å²) in [7, 11) is 1.92. The van der Waals surface area contributed by atoms with Crippen molar-refractivity contribution in [2.45, 2.75) is 33.4 Å². The van der Waals surface area contributed by atoms with Crippen LogP contribution in [-0.4, -0.2) is 25.5 Å². The Balaban J connectivity index is 2.84. The number of carbonyl (C=O) groups is 1. The van der Waals surface area contributed by atoms with Gasteiger partial charge in [0.2, 0.25) is 5.91 Å². The van der Waals surface area contributed by atoms with Crippen LogP contribution in [0.2, 0.25) is 0 Å². The first-order chi connectivity index (χ1) is 8.45. The van der Waals surface area contributed by atoms with Gasteiger partial charge in [-0.1, -0.05) is 18.2 Å². The van der Waals surface area contributed by atoms with Crippen molar-refractivity contribution in [1.29, 1.82) is 0 Å². The van der Waals surface area contributed by atoms with Crippen molar-refractivity contribution in [3.8, 4) is 0 Å². The van der Waals surface area contributed by atoms with Crippen molar-refractivity contribution in [3.05, 3.63) is 29.3 Å². The van der Waals surface area contributed by atoms with Gasteiger partial charge in [0.25, 0.3) is 0 Å². The lowest BCUT2D eigenvalue weighted by Crippen LogP contribution is -2.39. The van der Waals surface area contributed by atoms with Gasteiger partial charge in [0, 0.05) is 25.3 Å². The number of aryl methyl sites for hydroxylation is 1. The lowest BCUT2D eigenvalue weighted by Gasteiger charge is -2.24. The standard InChI is InChI=1S/C14H23N3O/c1-10(2)16-13(18)9-17(4)14-11(3)6-5-7-12(14)8-15/h5-7,10H,8-9,15H2,1-4H3,(H,16,18). The number of nitrogens with one attached hydrogen (secondary N) is 1. The van der Waals surface area contributed by atoms with E-state index in [4.69, 9.17) is 5.73 Å². The number of amides is 1. The number of rotatable bonds is 5. The van der Waals surface area contributed by atoms with E-state index >= 15 is 0 Å². The molecular formula is C14H23N3O. The van der Waals surface area contributed by atoms with Crippen LogP contribution >= 0.6 is 0 Å². The summed E-state index contributed by atoms with van der Waals surface area (Å²) in [6.07, 6.45) is 0. The van der Waals surface area contributed by atoms with Gasteiger partial charge < -0.3 is 16.0 Å². The van der Waals surface area contributed by atoms with E-state index in [9.17, 15) is 4.79 Å². The molecule has 0 spiro atoms. The molecular weight excluding hydrogens is 226 g/mol. The van der Waals surface area contributed by atoms with Gasteiger partial charge >= 0.3 is 0 Å². The molecule has 0 saturated carbocycles. The zero-order valence-electron chi connectivity index (χ0n) is 11.7. The fourth-order valence-electron chi connectivity index (χ4n) is 2.09. The van der Waals surface area contributed by atoms with Crippen molar-refractivity contribution in [2.24, 2.45) is 5.73 Å². The molecule has 4 nitrogen and oxygen atoms in total. The topological polar surface area (TPSA) is 58.4 Å². The molecule has 1 rings (SSSR count). The molecule has 0 aliphatic heterocycles. The predicted octanol–water partition coefficient (Wildman–Crippen LogP) is 1.41. The third-order valence-electron chi connectivity index (χ3n) is 2.75. The number of para-hydroxylation sites is 1. The molecule has 0 unspecified atom stereocenters. The minimum atomic E-state index is 0.0266. The van der Waals surface area contributed by atoms with Crippen molar-refractivity contribution in [2.75, 3.05) is 18.5 Å². The summed E-state index contributed by atoms with van der Waals surface area (Å²) in [5, 5.41) is 2.89. The molecule has 1 aromatic rings. The van der Waals surface area contributed by atoms with Crippen LogP contribution in [0.4, 0.5) is 5.69 Å². The Morgan fingerprint density at radius 2 is 2.11 bits per heavy atom. The lowest BCUT2D eigenvalue weighted by atomic mass is 10.1. The maximum absolute atomic E-state index is 11.8. The van der Waals surface area contributed by atoms with Crippen molar-refractivity contribution in [3.63, 3.8) is 0 Å². The Kier molecular flexibility index (Phi) is 5.16. The molecule has 3 N–H and O–H groups in total. The van der Waals surface area contributed by atoms with E-state index in [1.165, 1.54) is 0 Å². The van der Waals surface area contributed by atoms with E-state index in [0.717, 1.165) is 16.8 Å². The molecule has 0 saturated heterocycles. The molecule has 0 fully saturated rings. The average Bonchev–Trinajstić information content (AvgIpc) is 2.26. The van der Waals surface area contributed by atoms with Crippen molar-refractivity contribution in [1.82, 2.24) is 5.32 Å². The second kappa shape index (κ2) is 6.40. The fourth-order valence-corrected chi connectivity index (χ4v) is 2.09. The number of anilines is 1. The normalized spacial score (nSPS) is 10.6. The molecule has 0 bridgehead atoms. The van der Waals surface area contributed by atoms with Gasteiger partial charge in [-0.3, -0.25) is 4.79 Å². The lowest BCUT2D eigenvalue weighted by molar-refractivity contribution is -0.120. The summed E-state index contributed by atoms with van der Waals surface area (Å²) in [5.41, 5.74) is 9.00. The van der Waals surface area contributed by atoms with Crippen LogP contribution in [0.15, 0.2) is 18.2 Å². The Labute approximate surface area is 109 Å². The summed E-state index contributed by atoms with van der Waals surface area (Å²) in [4.78, 5) is 13.7. The molecule has 1 aromatic carbocycles. The van der Waals surface area contributed by atoms with E-state index in [-0.39, 0.29) is 11.9 Å². The molecule has 4 heteroatoms. The first-order valence-corrected chi connectivity index (χ1v) is 6.24. The van der Waals surface area contributed by atoms with Gasteiger partial charge in [0.05, 0.1) is 6.54 Å². The Bertz CT molecular complexity index is 416. The highest BCUT2D eigenvalue weighted by Gasteiger charge is 2.13. The van der Waals surface area contributed by atoms with Gasteiger partial charge in [-0.05, 0) is 31.9 Å². The van der Waals surface area contributed by atoms with E-state index in [2.05, 4.69) is 5.32 Å². The van der Waals surface area contributed by atoms with E-state index < -0.39 is 0 Å². The quantitative estimate of drug-likeness (QED) is 0.829. The second-order valence-corrected chi connectivity index (χ2v) is 4.87. The van der Waals surface area contributed by atoms with Crippen LogP contribution in [-0.2, 0) is 11.3 Å². The Hall–Kier alpha value is -1.55. The predicted molar refractivity (Wildman–Crippen MR) is 75.6 cm³/mol. The summed E-state index contributed by atoms with van der Waals surface area (Å²) in [6, 6.07) is 6.19. The van der Waals surface area contributed by atoms with Crippen LogP contribution in [0.1, 0.15) is 25.0 Å². The molecule has 0 radical (unpaired) electrons. The van der Waals surface area contributed by atoms with Crippen LogP contribution < -0.4 is 16.0 Å². The van der Waals surface area contributed by atoms with Gasteiger partial charge in [0.15, 0.2) is 0 Å². The zero-order chi connectivity index (χ0) is 13.7. The van der Waals surface area contributed by atoms with Crippen molar-refractivity contribution >= 4 is 11.6 Å². The summed E-state index contributed by atoms with van der Waals surface area (Å²) in [5.74, 6) is 0.0266. The molecule has 0 aliphatic carbocycles. The number of benzene rings is 1. The van der Waals surface area contributed by atoms with E-state index in [1.54, 1.807) is 0 Å². The van der Waals surface area contributed by atoms with Gasteiger partial charge in [-0.15, -0.1) is 0 Å². The zero-order valence-corrected chi connectivity index (χ0v) is 11.7. The minimum absolute atomic E-state index is 0.0266. The Morgan fingerprint density at radius 3 is 2.67 bits per heavy atom. The molecule has 1 amide bonds. The molecule has 0 aromatic heterocycles. The van der Waals surface area contributed by atoms with Gasteiger partial charge in [0.1, 0.15) is 0 Å². The third-order valence-corrected chi connectivity index (χ3v) is 2.75. The van der Waals surface area contributed by atoms with E-state index in [1.807, 2.05) is 50.9 Å². The number of nitrogens with two attached hydrogens (primary N) is 1. The minimum Gasteiger partial charge on any atom is -0.365 e. The van der Waals surface area contributed by atoms with Crippen LogP contribution in [0.3, 0.4) is 0 Å². The number of likely N-dealkylation sites (N-methyl/N-ethyl adjacent to an activating group) is 1. The largest absolute Gasteiger partial charge is 0.365 e. The summed E-state index contributed by atoms with van der Waals surface area (Å²) < 4.78 is 0. The Morgan fingerprint density at radius 1 is 1.44 bits per heavy atom. The number of nitrogens with zero attached hydrogens (tertiary/aromatic N) is 1. The van der Waals surface area contributed by atoms with E-state index in [0.29, 0.717) is 13.1 Å². The average molecular weight is 249 g/mol. The summed E-state index contributed by atoms with van der Waals surface area (Å²) in [6.45, 7) is 6.77. The van der Waals surface area contributed by atoms with Crippen molar-refractivity contribution < 1.29 is 4.79 Å². The highest BCUT2D eigenvalue weighted by atomic mass is 16.2. The SMILES string of the molecule is Cc1cccc(CN)c1N(C)CC(=O)NC(C)C. The second-order valence-electron chi connectivity index (χ2n) is 4.87. The van der Waals surface area contributed by atoms with Gasteiger partial charge in [-0.25, -0.2) is 0 Å². The maximum Gasteiger partial charge on any atom is 0.239 e. The molecule has 100 valence electrons. The highest BCUT2D eigenvalue weighted by molar-refractivity contribution is 5.82. The van der Waals surface area contributed by atoms with Crippen LogP contribution in [0.25, 0.3) is 0 Å². The molecule has 0 atom stereocenters. The smallest absolute Gasteiger partial charge is 0.239 e. The first-order valence-electron chi connectivity index (χ1n) is 6.24. The first kappa shape index (κ1) is 14.5. The fraction of sp³-hybridized carbons (Fsp3) is 0.500. The van der Waals surface area contributed by atoms with Crippen LogP contribution in [0, 0.1) is 6.92 Å². The monoisotopic (exact) mass is 249 g/mol. The molecule has 0 aliphatic rings. The van der Waals surface area contributed by atoms with Crippen LogP contribution in [0.5, 0.6) is 0 Å². The molecule has 18 heavy (non-hydrogen) atoms. The maximum atomic E-state index is 11.8. The third kappa shape index (κ3) is 3.74. The highest BCUT2D eigenvalue weighted by Crippen LogP contribution is 2.23. The molecule has 0 heterocycles. The number of carbonyl (C=O) groups excluding carboxylic acids is 1. The number of hydrogen-bond acceptors (Lipinski definition) is 3. The summed E-state index contributed by atoms with van der Waals surface area (Å²) >= 11 is 0. The van der Waals surface area contributed by atoms with Gasteiger partial charge in [-0.2, -0.15) is 0 Å². The number of hydrogen-bond donors (Lipinski definition) is 2.